The fraction of sp³-hybridized carbons (Fsp3) is 0.462. The number of methoxy groups -OCH3 is 1. The molecule has 1 aromatic carbocycles. The second-order valence-corrected chi connectivity index (χ2v) is 6.23. The predicted octanol–water partition coefficient (Wildman–Crippen LogP) is 1.07. The molecule has 6 nitrogen and oxygen atoms in total. The van der Waals surface area contributed by atoms with Gasteiger partial charge in [0.05, 0.1) is 24.5 Å². The average Bonchev–Trinajstić information content (AvgIpc) is 2.91. The van der Waals surface area contributed by atoms with Gasteiger partial charge in [0.1, 0.15) is 5.75 Å². The van der Waals surface area contributed by atoms with Crippen LogP contribution in [0, 0.1) is 0 Å². The van der Waals surface area contributed by atoms with Crippen LogP contribution in [0.1, 0.15) is 19.3 Å². The van der Waals surface area contributed by atoms with Gasteiger partial charge in [-0.3, -0.25) is 4.79 Å². The quantitative estimate of drug-likeness (QED) is 0.879. The van der Waals surface area contributed by atoms with Crippen molar-refractivity contribution in [1.82, 2.24) is 4.72 Å². The van der Waals surface area contributed by atoms with E-state index in [1.54, 1.807) is 12.1 Å². The van der Waals surface area contributed by atoms with Crippen molar-refractivity contribution in [3.8, 4) is 5.75 Å². The summed E-state index contributed by atoms with van der Waals surface area (Å²) in [6.07, 6.45) is 1.56. The summed E-state index contributed by atoms with van der Waals surface area (Å²) in [5.74, 6) is -0.140. The standard InChI is InChI=1S/C13H17NO5S/c1-18-10-4-2-6-12(8-10)20(16,17)14-13(15)9-11-5-3-7-19-11/h2,4,6,8,11H,3,5,7,9H2,1H3,(H,14,15)/t11-/m1/s1. The molecule has 7 heteroatoms. The van der Waals surface area contributed by atoms with Crippen LogP contribution in [0.25, 0.3) is 0 Å². The Morgan fingerprint density at radius 1 is 1.50 bits per heavy atom. The van der Waals surface area contributed by atoms with Gasteiger partial charge >= 0.3 is 0 Å². The summed E-state index contributed by atoms with van der Waals surface area (Å²) in [7, 11) is -2.42. The third kappa shape index (κ3) is 3.71. The normalized spacial score (nSPS) is 18.8. The van der Waals surface area contributed by atoms with E-state index in [2.05, 4.69) is 0 Å². The van der Waals surface area contributed by atoms with Crippen molar-refractivity contribution < 1.29 is 22.7 Å². The number of sulfonamides is 1. The smallest absolute Gasteiger partial charge is 0.264 e. The summed E-state index contributed by atoms with van der Waals surface area (Å²) >= 11 is 0. The molecule has 1 atom stereocenters. The number of benzene rings is 1. The molecule has 1 aliphatic rings. The van der Waals surface area contributed by atoms with E-state index in [0.717, 1.165) is 12.8 Å². The maximum Gasteiger partial charge on any atom is 0.264 e. The highest BCUT2D eigenvalue weighted by atomic mass is 32.2. The van der Waals surface area contributed by atoms with Crippen molar-refractivity contribution in [2.45, 2.75) is 30.3 Å². The second-order valence-electron chi connectivity index (χ2n) is 4.55. The Bertz CT molecular complexity index is 578. The van der Waals surface area contributed by atoms with E-state index >= 15 is 0 Å². The lowest BCUT2D eigenvalue weighted by atomic mass is 10.2. The highest BCUT2D eigenvalue weighted by Gasteiger charge is 2.23. The van der Waals surface area contributed by atoms with Crippen LogP contribution >= 0.6 is 0 Å². The monoisotopic (exact) mass is 299 g/mol. The SMILES string of the molecule is COc1cccc(S(=O)(=O)NC(=O)C[C@H]2CCCO2)c1. The Balaban J connectivity index is 2.03. The summed E-state index contributed by atoms with van der Waals surface area (Å²) in [6.45, 7) is 0.626. The number of rotatable bonds is 5. The zero-order chi connectivity index (χ0) is 14.6. The van der Waals surface area contributed by atoms with E-state index in [1.807, 2.05) is 4.72 Å². The molecule has 2 rings (SSSR count). The first-order valence-electron chi connectivity index (χ1n) is 6.32. The molecule has 1 fully saturated rings. The molecular weight excluding hydrogens is 282 g/mol. The van der Waals surface area contributed by atoms with E-state index in [1.165, 1.54) is 19.2 Å². The van der Waals surface area contributed by atoms with Crippen molar-refractivity contribution in [2.24, 2.45) is 0 Å². The molecule has 1 amide bonds. The molecule has 0 saturated carbocycles. The van der Waals surface area contributed by atoms with E-state index in [-0.39, 0.29) is 17.4 Å². The van der Waals surface area contributed by atoms with E-state index < -0.39 is 15.9 Å². The van der Waals surface area contributed by atoms with Crippen LogP contribution in [0.4, 0.5) is 0 Å². The highest BCUT2D eigenvalue weighted by Crippen LogP contribution is 2.18. The summed E-state index contributed by atoms with van der Waals surface area (Å²) in [4.78, 5) is 11.7. The van der Waals surface area contributed by atoms with Crippen LogP contribution in [0.3, 0.4) is 0 Å². The number of nitrogens with one attached hydrogen (secondary N) is 1. The van der Waals surface area contributed by atoms with Gasteiger partial charge in [0.2, 0.25) is 5.91 Å². The number of hydrogen-bond donors (Lipinski definition) is 1. The largest absolute Gasteiger partial charge is 0.497 e. The lowest BCUT2D eigenvalue weighted by molar-refractivity contribution is -0.121. The highest BCUT2D eigenvalue weighted by molar-refractivity contribution is 7.90. The predicted molar refractivity (Wildman–Crippen MR) is 71.9 cm³/mol. The molecular formula is C13H17NO5S. The molecule has 1 aliphatic heterocycles. The molecule has 1 N–H and O–H groups in total. The van der Waals surface area contributed by atoms with Gasteiger partial charge in [0.15, 0.2) is 0 Å². The molecule has 0 unspecified atom stereocenters. The van der Waals surface area contributed by atoms with Gasteiger partial charge in [-0.25, -0.2) is 13.1 Å². The molecule has 20 heavy (non-hydrogen) atoms. The first kappa shape index (κ1) is 14.8. The van der Waals surface area contributed by atoms with Crippen LogP contribution in [-0.2, 0) is 19.6 Å². The molecule has 0 aliphatic carbocycles. The number of ether oxygens (including phenoxy) is 2. The molecule has 110 valence electrons. The third-order valence-corrected chi connectivity index (χ3v) is 4.41. The third-order valence-electron chi connectivity index (χ3n) is 3.04. The number of carbonyl (C=O) groups excluding carboxylic acids is 1. The topological polar surface area (TPSA) is 81.7 Å². The van der Waals surface area contributed by atoms with Gasteiger partial charge in [0.25, 0.3) is 10.0 Å². The van der Waals surface area contributed by atoms with Crippen molar-refractivity contribution >= 4 is 15.9 Å². The van der Waals surface area contributed by atoms with Crippen molar-refractivity contribution in [3.63, 3.8) is 0 Å². The van der Waals surface area contributed by atoms with Gasteiger partial charge in [-0.05, 0) is 25.0 Å². The summed E-state index contributed by atoms with van der Waals surface area (Å²) in [6, 6.07) is 5.96. The first-order valence-corrected chi connectivity index (χ1v) is 7.81. The Morgan fingerprint density at radius 2 is 2.30 bits per heavy atom. The fourth-order valence-corrected chi connectivity index (χ4v) is 3.06. The molecule has 1 saturated heterocycles. The Labute approximate surface area is 118 Å². The van der Waals surface area contributed by atoms with Gasteiger partial charge in [-0.1, -0.05) is 6.07 Å². The lowest BCUT2D eigenvalue weighted by Gasteiger charge is -2.11. The molecule has 0 bridgehead atoms. The zero-order valence-electron chi connectivity index (χ0n) is 11.2. The van der Waals surface area contributed by atoms with Gasteiger partial charge in [-0.15, -0.1) is 0 Å². The van der Waals surface area contributed by atoms with Crippen LogP contribution in [0.2, 0.25) is 0 Å². The summed E-state index contributed by atoms with van der Waals surface area (Å²) < 4.78 is 36.4. The number of amides is 1. The molecule has 0 aromatic heterocycles. The van der Waals surface area contributed by atoms with Gasteiger partial charge in [-0.2, -0.15) is 0 Å². The summed E-state index contributed by atoms with van der Waals surface area (Å²) in [5, 5.41) is 0. The minimum atomic E-state index is -3.87. The van der Waals surface area contributed by atoms with E-state index in [0.29, 0.717) is 12.4 Å². The molecule has 1 heterocycles. The Hall–Kier alpha value is -1.60. The first-order chi connectivity index (χ1) is 9.51. The van der Waals surface area contributed by atoms with Gasteiger partial charge < -0.3 is 9.47 Å². The van der Waals surface area contributed by atoms with Crippen molar-refractivity contribution in [1.29, 1.82) is 0 Å². The maximum absolute atomic E-state index is 12.1. The van der Waals surface area contributed by atoms with Crippen molar-refractivity contribution in [3.05, 3.63) is 24.3 Å². The van der Waals surface area contributed by atoms with Crippen LogP contribution in [-0.4, -0.2) is 34.1 Å². The average molecular weight is 299 g/mol. The van der Waals surface area contributed by atoms with Gasteiger partial charge in [0, 0.05) is 12.7 Å². The maximum atomic E-state index is 12.1. The van der Waals surface area contributed by atoms with Crippen LogP contribution in [0.5, 0.6) is 5.75 Å². The van der Waals surface area contributed by atoms with E-state index in [9.17, 15) is 13.2 Å². The van der Waals surface area contributed by atoms with Crippen LogP contribution < -0.4 is 9.46 Å². The van der Waals surface area contributed by atoms with Crippen LogP contribution in [0.15, 0.2) is 29.2 Å². The number of hydrogen-bond acceptors (Lipinski definition) is 5. The molecule has 0 spiro atoms. The molecule has 0 radical (unpaired) electrons. The minimum Gasteiger partial charge on any atom is -0.497 e. The lowest BCUT2D eigenvalue weighted by Crippen LogP contribution is -2.32. The van der Waals surface area contributed by atoms with Crippen molar-refractivity contribution in [2.75, 3.05) is 13.7 Å². The summed E-state index contributed by atoms with van der Waals surface area (Å²) in [5.41, 5.74) is 0. The second kappa shape index (κ2) is 6.23. The Morgan fingerprint density at radius 3 is 2.95 bits per heavy atom. The number of carbonyl (C=O) groups is 1. The van der Waals surface area contributed by atoms with E-state index in [4.69, 9.17) is 9.47 Å². The fourth-order valence-electron chi connectivity index (χ4n) is 2.03. The zero-order valence-corrected chi connectivity index (χ0v) is 12.0. The molecule has 1 aromatic rings. The minimum absolute atomic E-state index is 0.00228. The Kier molecular flexibility index (Phi) is 4.61.